The average Bonchev–Trinajstić information content (AvgIpc) is 2.80. The molecule has 0 aliphatic heterocycles. The molecule has 3 N–H and O–H groups in total. The number of nitrogens with one attached hydrogen (secondary N) is 2. The molecule has 0 saturated heterocycles. The molecule has 2 saturated carbocycles. The molecule has 2 amide bonds. The van der Waals surface area contributed by atoms with Gasteiger partial charge in [-0.3, -0.25) is 4.79 Å². The lowest BCUT2D eigenvalue weighted by atomic mass is 9.86. The van der Waals surface area contributed by atoms with Gasteiger partial charge in [-0.2, -0.15) is 0 Å². The van der Waals surface area contributed by atoms with Gasteiger partial charge in [0.05, 0.1) is 5.92 Å². The Balaban J connectivity index is 1.74. The van der Waals surface area contributed by atoms with E-state index in [1.807, 2.05) is 0 Å². The number of urea groups is 1. The largest absolute Gasteiger partial charge is 0.481 e. The first kappa shape index (κ1) is 14.2. The molecule has 0 aromatic heterocycles. The molecule has 0 aromatic carbocycles. The summed E-state index contributed by atoms with van der Waals surface area (Å²) < 4.78 is 0. The smallest absolute Gasteiger partial charge is 0.315 e. The quantitative estimate of drug-likeness (QED) is 0.733. The van der Waals surface area contributed by atoms with E-state index in [0.29, 0.717) is 18.8 Å². The van der Waals surface area contributed by atoms with E-state index in [-0.39, 0.29) is 24.0 Å². The first-order valence-electron chi connectivity index (χ1n) is 7.36. The van der Waals surface area contributed by atoms with Gasteiger partial charge in [0.2, 0.25) is 0 Å². The van der Waals surface area contributed by atoms with Crippen LogP contribution in [0.1, 0.15) is 51.9 Å². The third-order valence-electron chi connectivity index (χ3n) is 4.55. The summed E-state index contributed by atoms with van der Waals surface area (Å²) in [6.45, 7) is 2.18. The van der Waals surface area contributed by atoms with Crippen LogP contribution in [-0.4, -0.2) is 29.2 Å². The first-order valence-corrected chi connectivity index (χ1v) is 7.36. The van der Waals surface area contributed by atoms with Gasteiger partial charge < -0.3 is 15.7 Å². The second-order valence-corrected chi connectivity index (χ2v) is 6.03. The summed E-state index contributed by atoms with van der Waals surface area (Å²) in [7, 11) is 0. The highest BCUT2D eigenvalue weighted by atomic mass is 16.4. The molecule has 2 fully saturated rings. The van der Waals surface area contributed by atoms with Crippen molar-refractivity contribution in [2.45, 2.75) is 64.0 Å². The van der Waals surface area contributed by atoms with E-state index in [1.54, 1.807) is 0 Å². The number of hydrogen-bond acceptors (Lipinski definition) is 2. The van der Waals surface area contributed by atoms with Crippen molar-refractivity contribution >= 4 is 12.0 Å². The molecule has 0 heterocycles. The predicted molar refractivity (Wildman–Crippen MR) is 71.9 cm³/mol. The van der Waals surface area contributed by atoms with Crippen LogP contribution in [0.15, 0.2) is 0 Å². The van der Waals surface area contributed by atoms with Crippen LogP contribution in [0.5, 0.6) is 0 Å². The first-order chi connectivity index (χ1) is 9.06. The monoisotopic (exact) mass is 268 g/mol. The number of hydrogen-bond donors (Lipinski definition) is 3. The zero-order valence-corrected chi connectivity index (χ0v) is 11.5. The normalized spacial score (nSPS) is 34.8. The summed E-state index contributed by atoms with van der Waals surface area (Å²) in [5, 5.41) is 14.9. The molecule has 2 aliphatic carbocycles. The van der Waals surface area contributed by atoms with Gasteiger partial charge in [-0.25, -0.2) is 4.79 Å². The van der Waals surface area contributed by atoms with Crippen LogP contribution in [0.25, 0.3) is 0 Å². The maximum atomic E-state index is 11.9. The van der Waals surface area contributed by atoms with Gasteiger partial charge in [0.15, 0.2) is 0 Å². The number of carboxylic acid groups (broad SMARTS) is 1. The predicted octanol–water partition coefficient (Wildman–Crippen LogP) is 2.12. The van der Waals surface area contributed by atoms with Gasteiger partial charge in [-0.05, 0) is 38.0 Å². The minimum Gasteiger partial charge on any atom is -0.481 e. The van der Waals surface area contributed by atoms with E-state index in [4.69, 9.17) is 5.11 Å². The van der Waals surface area contributed by atoms with Crippen LogP contribution in [0, 0.1) is 11.8 Å². The maximum Gasteiger partial charge on any atom is 0.315 e. The number of rotatable bonds is 3. The maximum absolute atomic E-state index is 11.9. The molecule has 5 nitrogen and oxygen atoms in total. The molecule has 19 heavy (non-hydrogen) atoms. The van der Waals surface area contributed by atoms with Gasteiger partial charge in [-0.1, -0.05) is 19.8 Å². The molecule has 5 heteroatoms. The average molecular weight is 268 g/mol. The molecule has 4 unspecified atom stereocenters. The van der Waals surface area contributed by atoms with E-state index in [1.165, 1.54) is 19.3 Å². The van der Waals surface area contributed by atoms with Gasteiger partial charge >= 0.3 is 12.0 Å². The molecule has 0 aromatic rings. The van der Waals surface area contributed by atoms with Gasteiger partial charge in [-0.15, -0.1) is 0 Å². The van der Waals surface area contributed by atoms with Crippen LogP contribution in [0.4, 0.5) is 4.79 Å². The summed E-state index contributed by atoms with van der Waals surface area (Å²) in [6, 6.07) is 0.153. The zero-order valence-electron chi connectivity index (χ0n) is 11.5. The Morgan fingerprint density at radius 2 is 1.79 bits per heavy atom. The number of carbonyl (C=O) groups is 2. The van der Waals surface area contributed by atoms with E-state index < -0.39 is 5.97 Å². The van der Waals surface area contributed by atoms with Crippen LogP contribution in [0.2, 0.25) is 0 Å². The van der Waals surface area contributed by atoms with Crippen molar-refractivity contribution < 1.29 is 14.7 Å². The minimum atomic E-state index is -0.745. The standard InChI is InChI=1S/C14H24N2O3/c1-9-4-2-3-5-12(9)16-14(19)15-11-7-6-10(8-11)13(17)18/h9-12H,2-8H2,1H3,(H,17,18)(H2,15,16,19). The van der Waals surface area contributed by atoms with Gasteiger partial charge in [0.25, 0.3) is 0 Å². The summed E-state index contributed by atoms with van der Waals surface area (Å²) in [4.78, 5) is 22.8. The number of carbonyl (C=O) groups excluding carboxylic acids is 1. The number of aliphatic carboxylic acids is 1. The Morgan fingerprint density at radius 1 is 1.05 bits per heavy atom. The third kappa shape index (κ3) is 3.85. The van der Waals surface area contributed by atoms with Crippen molar-refractivity contribution in [2.75, 3.05) is 0 Å². The van der Waals surface area contributed by atoms with Gasteiger partial charge in [0.1, 0.15) is 0 Å². The Morgan fingerprint density at radius 3 is 2.42 bits per heavy atom. The van der Waals surface area contributed by atoms with Crippen molar-refractivity contribution in [1.82, 2.24) is 10.6 Å². The lowest BCUT2D eigenvalue weighted by Crippen LogP contribution is -2.48. The Labute approximate surface area is 114 Å². The summed E-state index contributed by atoms with van der Waals surface area (Å²) in [5.74, 6) is -0.501. The number of amides is 2. The Bertz CT molecular complexity index is 346. The van der Waals surface area contributed by atoms with E-state index in [9.17, 15) is 9.59 Å². The molecular formula is C14H24N2O3. The molecule has 108 valence electrons. The highest BCUT2D eigenvalue weighted by Crippen LogP contribution is 2.26. The third-order valence-corrected chi connectivity index (χ3v) is 4.55. The van der Waals surface area contributed by atoms with Crippen molar-refractivity contribution in [3.8, 4) is 0 Å². The fraction of sp³-hybridized carbons (Fsp3) is 0.857. The molecular weight excluding hydrogens is 244 g/mol. The van der Waals surface area contributed by atoms with E-state index >= 15 is 0 Å². The molecule has 4 atom stereocenters. The topological polar surface area (TPSA) is 78.4 Å². The molecule has 2 aliphatic rings. The second-order valence-electron chi connectivity index (χ2n) is 6.03. The van der Waals surface area contributed by atoms with Crippen molar-refractivity contribution in [2.24, 2.45) is 11.8 Å². The summed E-state index contributed by atoms with van der Waals surface area (Å²) >= 11 is 0. The fourth-order valence-electron chi connectivity index (χ4n) is 3.26. The van der Waals surface area contributed by atoms with E-state index in [0.717, 1.165) is 12.8 Å². The summed E-state index contributed by atoms with van der Waals surface area (Å²) in [6.07, 6.45) is 6.66. The van der Waals surface area contributed by atoms with E-state index in [2.05, 4.69) is 17.6 Å². The lowest BCUT2D eigenvalue weighted by Gasteiger charge is -2.30. The lowest BCUT2D eigenvalue weighted by molar-refractivity contribution is -0.141. The molecule has 0 radical (unpaired) electrons. The SMILES string of the molecule is CC1CCCCC1NC(=O)NC1CCC(C(=O)O)C1. The summed E-state index contributed by atoms with van der Waals surface area (Å²) in [5.41, 5.74) is 0. The Hall–Kier alpha value is -1.26. The highest BCUT2D eigenvalue weighted by molar-refractivity contribution is 5.75. The van der Waals surface area contributed by atoms with Crippen molar-refractivity contribution in [3.05, 3.63) is 0 Å². The van der Waals surface area contributed by atoms with Crippen LogP contribution in [-0.2, 0) is 4.79 Å². The zero-order chi connectivity index (χ0) is 13.8. The highest BCUT2D eigenvalue weighted by Gasteiger charge is 2.31. The van der Waals surface area contributed by atoms with Crippen LogP contribution in [0.3, 0.4) is 0 Å². The molecule has 0 spiro atoms. The van der Waals surface area contributed by atoms with Crippen LogP contribution >= 0.6 is 0 Å². The minimum absolute atomic E-state index is 0.0139. The molecule has 0 bridgehead atoms. The van der Waals surface area contributed by atoms with Crippen molar-refractivity contribution in [3.63, 3.8) is 0 Å². The van der Waals surface area contributed by atoms with Gasteiger partial charge in [0, 0.05) is 12.1 Å². The second kappa shape index (κ2) is 6.26. The number of carboxylic acids is 1. The Kier molecular flexibility index (Phi) is 4.66. The molecule has 2 rings (SSSR count). The van der Waals surface area contributed by atoms with Crippen LogP contribution < -0.4 is 10.6 Å². The van der Waals surface area contributed by atoms with Crippen molar-refractivity contribution in [1.29, 1.82) is 0 Å². The fourth-order valence-corrected chi connectivity index (χ4v) is 3.26.